The van der Waals surface area contributed by atoms with Crippen molar-refractivity contribution in [3.63, 3.8) is 0 Å². The second-order valence-corrected chi connectivity index (χ2v) is 11.0. The number of benzene rings is 1. The average Bonchev–Trinajstić information content (AvgIpc) is 3.53. The van der Waals surface area contributed by atoms with Gasteiger partial charge in [-0.05, 0) is 69.3 Å². The van der Waals surface area contributed by atoms with Crippen molar-refractivity contribution in [2.45, 2.75) is 68.7 Å². The van der Waals surface area contributed by atoms with E-state index in [1.165, 1.54) is 0 Å². The van der Waals surface area contributed by atoms with E-state index in [0.717, 1.165) is 44.3 Å². The molecular weight excluding hydrogens is 477 g/mol. The summed E-state index contributed by atoms with van der Waals surface area (Å²) >= 11 is 12.2. The highest BCUT2D eigenvalue weighted by Crippen LogP contribution is 2.36. The lowest BCUT2D eigenvalue weighted by molar-refractivity contribution is -0.174. The molecular formula is C25H33Cl2N3O4. The fourth-order valence-electron chi connectivity index (χ4n) is 6.29. The fourth-order valence-corrected chi connectivity index (χ4v) is 6.61. The van der Waals surface area contributed by atoms with Gasteiger partial charge in [0, 0.05) is 13.1 Å². The number of ether oxygens (including phenoxy) is 1. The molecule has 0 radical (unpaired) electrons. The summed E-state index contributed by atoms with van der Waals surface area (Å²) in [4.78, 5) is 33.3. The van der Waals surface area contributed by atoms with Crippen LogP contribution in [0.2, 0.25) is 10.0 Å². The van der Waals surface area contributed by atoms with Crippen LogP contribution >= 0.6 is 23.2 Å². The minimum Gasteiger partial charge on any atom is -0.380 e. The minimum atomic E-state index is -1.28. The van der Waals surface area contributed by atoms with Crippen LogP contribution in [0.25, 0.3) is 0 Å². The van der Waals surface area contributed by atoms with Crippen molar-refractivity contribution in [2.24, 2.45) is 0 Å². The van der Waals surface area contributed by atoms with Crippen LogP contribution in [0.5, 0.6) is 0 Å². The Hall–Kier alpha value is -1.38. The van der Waals surface area contributed by atoms with Gasteiger partial charge in [-0.2, -0.15) is 0 Å². The molecule has 3 saturated heterocycles. The van der Waals surface area contributed by atoms with Gasteiger partial charge >= 0.3 is 0 Å². The van der Waals surface area contributed by atoms with Crippen LogP contribution in [-0.2, 0) is 20.7 Å². The summed E-state index contributed by atoms with van der Waals surface area (Å²) in [5, 5.41) is 12.0. The molecule has 2 amide bonds. The molecule has 186 valence electrons. The lowest BCUT2D eigenvalue weighted by Gasteiger charge is -2.55. The molecule has 0 spiro atoms. The minimum absolute atomic E-state index is 0.0196. The van der Waals surface area contributed by atoms with Crippen LogP contribution in [-0.4, -0.2) is 94.7 Å². The Balaban J connectivity index is 1.41. The van der Waals surface area contributed by atoms with E-state index in [0.29, 0.717) is 49.2 Å². The number of carbonyl (C=O) groups excluding carboxylic acids is 2. The Labute approximate surface area is 210 Å². The smallest absolute Gasteiger partial charge is 0.254 e. The van der Waals surface area contributed by atoms with E-state index in [9.17, 15) is 14.7 Å². The van der Waals surface area contributed by atoms with Crippen molar-refractivity contribution in [2.75, 3.05) is 39.4 Å². The van der Waals surface area contributed by atoms with Gasteiger partial charge in [-0.25, -0.2) is 0 Å². The second kappa shape index (κ2) is 9.94. The molecule has 0 aromatic heterocycles. The van der Waals surface area contributed by atoms with Crippen LogP contribution in [0, 0.1) is 0 Å². The van der Waals surface area contributed by atoms with Crippen LogP contribution < -0.4 is 0 Å². The summed E-state index contributed by atoms with van der Waals surface area (Å²) in [6, 6.07) is 4.91. The highest BCUT2D eigenvalue weighted by atomic mass is 35.5. The molecule has 1 aliphatic carbocycles. The van der Waals surface area contributed by atoms with E-state index >= 15 is 0 Å². The molecule has 7 nitrogen and oxygen atoms in total. The van der Waals surface area contributed by atoms with E-state index in [1.54, 1.807) is 12.1 Å². The van der Waals surface area contributed by atoms with Crippen molar-refractivity contribution < 1.29 is 19.4 Å². The number of aliphatic hydroxyl groups is 1. The van der Waals surface area contributed by atoms with Crippen LogP contribution in [0.15, 0.2) is 18.2 Å². The Morgan fingerprint density at radius 2 is 1.62 bits per heavy atom. The Kier molecular flexibility index (Phi) is 7.11. The number of halogens is 2. The molecule has 3 heterocycles. The van der Waals surface area contributed by atoms with E-state index in [1.807, 2.05) is 15.9 Å². The summed E-state index contributed by atoms with van der Waals surface area (Å²) in [5.41, 5.74) is -0.461. The molecule has 5 rings (SSSR count). The standard InChI is InChI=1S/C25H33Cl2N3O4/c26-18-6-5-17(13-19(18)27)14-22(31)30-12-11-29(24(32)25(33)7-1-2-8-25)21-16-34-15-20(23(21)30)28-9-3-4-10-28/h5-6,13,20-21,23,33H,1-4,7-12,14-16H2/t20-,21?,23+/m0/s1. The van der Waals surface area contributed by atoms with E-state index in [4.69, 9.17) is 27.9 Å². The van der Waals surface area contributed by atoms with E-state index in [-0.39, 0.29) is 36.4 Å². The van der Waals surface area contributed by atoms with Crippen LogP contribution in [0.1, 0.15) is 44.1 Å². The normalized spacial score (nSPS) is 29.3. The highest BCUT2D eigenvalue weighted by Gasteiger charge is 2.52. The maximum absolute atomic E-state index is 13.6. The summed E-state index contributed by atoms with van der Waals surface area (Å²) in [5.74, 6) is -0.173. The molecule has 1 saturated carbocycles. The number of piperazine rings is 1. The van der Waals surface area contributed by atoms with Gasteiger partial charge < -0.3 is 19.6 Å². The number of hydrogen-bond donors (Lipinski definition) is 1. The van der Waals surface area contributed by atoms with Gasteiger partial charge in [0.1, 0.15) is 5.60 Å². The molecule has 3 atom stereocenters. The molecule has 34 heavy (non-hydrogen) atoms. The lowest BCUT2D eigenvalue weighted by Crippen LogP contribution is -2.73. The number of fused-ring (bicyclic) bond motifs is 1. The van der Waals surface area contributed by atoms with E-state index < -0.39 is 5.60 Å². The predicted octanol–water partition coefficient (Wildman–Crippen LogP) is 2.74. The van der Waals surface area contributed by atoms with Gasteiger partial charge in [-0.15, -0.1) is 0 Å². The first-order chi connectivity index (χ1) is 16.4. The quantitative estimate of drug-likeness (QED) is 0.675. The lowest BCUT2D eigenvalue weighted by atomic mass is 9.89. The number of likely N-dealkylation sites (tertiary alicyclic amines) is 1. The second-order valence-electron chi connectivity index (χ2n) is 10.2. The summed E-state index contributed by atoms with van der Waals surface area (Å²) in [6.45, 7) is 3.74. The number of carbonyl (C=O) groups is 2. The van der Waals surface area contributed by atoms with Crippen LogP contribution in [0.4, 0.5) is 0 Å². The molecule has 3 aliphatic heterocycles. The third-order valence-corrected chi connectivity index (χ3v) is 8.81. The Morgan fingerprint density at radius 1 is 0.941 bits per heavy atom. The molecule has 1 aromatic carbocycles. The Bertz CT molecular complexity index is 933. The number of rotatable bonds is 4. The zero-order valence-electron chi connectivity index (χ0n) is 19.4. The molecule has 9 heteroatoms. The first kappa shape index (κ1) is 24.3. The number of nitrogens with zero attached hydrogens (tertiary/aromatic N) is 3. The predicted molar refractivity (Wildman–Crippen MR) is 130 cm³/mol. The zero-order chi connectivity index (χ0) is 23.9. The maximum Gasteiger partial charge on any atom is 0.254 e. The molecule has 0 bridgehead atoms. The van der Waals surface area contributed by atoms with Gasteiger partial charge in [-0.1, -0.05) is 29.3 Å². The van der Waals surface area contributed by atoms with Crippen molar-refractivity contribution in [1.82, 2.24) is 14.7 Å². The molecule has 4 fully saturated rings. The summed E-state index contributed by atoms with van der Waals surface area (Å²) in [7, 11) is 0. The van der Waals surface area contributed by atoms with Crippen LogP contribution in [0.3, 0.4) is 0 Å². The summed E-state index contributed by atoms with van der Waals surface area (Å²) < 4.78 is 6.03. The van der Waals surface area contributed by atoms with Crippen molar-refractivity contribution in [3.05, 3.63) is 33.8 Å². The zero-order valence-corrected chi connectivity index (χ0v) is 20.9. The first-order valence-corrected chi connectivity index (χ1v) is 13.2. The van der Waals surface area contributed by atoms with Gasteiger partial charge in [0.05, 0.1) is 47.8 Å². The largest absolute Gasteiger partial charge is 0.380 e. The van der Waals surface area contributed by atoms with Crippen molar-refractivity contribution in [1.29, 1.82) is 0 Å². The average molecular weight is 510 g/mol. The number of amides is 2. The van der Waals surface area contributed by atoms with Crippen molar-refractivity contribution in [3.8, 4) is 0 Å². The SMILES string of the molecule is O=C(Cc1ccc(Cl)c(Cl)c1)N1CCN(C(=O)C2(O)CCCC2)C2COC[C@H](N3CCCC3)[C@H]21. The van der Waals surface area contributed by atoms with Gasteiger partial charge in [-0.3, -0.25) is 14.5 Å². The molecule has 1 N–H and O–H groups in total. The monoisotopic (exact) mass is 509 g/mol. The van der Waals surface area contributed by atoms with E-state index in [2.05, 4.69) is 4.90 Å². The topological polar surface area (TPSA) is 73.3 Å². The molecule has 1 unspecified atom stereocenters. The van der Waals surface area contributed by atoms with Crippen molar-refractivity contribution >= 4 is 35.0 Å². The highest BCUT2D eigenvalue weighted by molar-refractivity contribution is 6.42. The third-order valence-electron chi connectivity index (χ3n) is 8.07. The maximum atomic E-state index is 13.6. The van der Waals surface area contributed by atoms with Gasteiger partial charge in [0.15, 0.2) is 0 Å². The first-order valence-electron chi connectivity index (χ1n) is 12.5. The molecule has 1 aromatic rings. The Morgan fingerprint density at radius 3 is 2.32 bits per heavy atom. The van der Waals surface area contributed by atoms with Gasteiger partial charge in [0.2, 0.25) is 5.91 Å². The van der Waals surface area contributed by atoms with Gasteiger partial charge in [0.25, 0.3) is 5.91 Å². The number of hydrogen-bond acceptors (Lipinski definition) is 5. The third kappa shape index (κ3) is 4.58. The molecule has 4 aliphatic rings. The fraction of sp³-hybridized carbons (Fsp3) is 0.680. The summed E-state index contributed by atoms with van der Waals surface area (Å²) in [6.07, 6.45) is 5.25.